The molecule has 8 heteroatoms. The van der Waals surface area contributed by atoms with E-state index < -0.39 is 0 Å². The molecule has 0 aromatic heterocycles. The molecule has 4 heterocycles. The van der Waals surface area contributed by atoms with Gasteiger partial charge in [-0.15, -0.1) is 0 Å². The fourth-order valence-electron chi connectivity index (χ4n) is 7.96. The lowest BCUT2D eigenvalue weighted by Crippen LogP contribution is -2.25. The number of likely N-dealkylation sites (N-methyl/N-ethyl adjacent to an activating group) is 1. The van der Waals surface area contributed by atoms with Crippen LogP contribution in [0.4, 0.5) is 28.4 Å². The molecule has 8 nitrogen and oxygen atoms in total. The Morgan fingerprint density at radius 1 is 0.787 bits per heavy atom. The molecule has 0 bridgehead atoms. The van der Waals surface area contributed by atoms with Crippen LogP contribution >= 0.6 is 0 Å². The van der Waals surface area contributed by atoms with E-state index in [9.17, 15) is 9.59 Å². The molecular formula is C39H48N6O2. The molecule has 4 aliphatic heterocycles. The van der Waals surface area contributed by atoms with Crippen LogP contribution < -0.4 is 20.9 Å². The van der Waals surface area contributed by atoms with Crippen LogP contribution in [0.1, 0.15) is 75.0 Å². The van der Waals surface area contributed by atoms with Crippen molar-refractivity contribution in [1.82, 2.24) is 9.80 Å². The minimum atomic E-state index is -0.164. The second kappa shape index (κ2) is 13.2. The predicted octanol–water partition coefficient (Wildman–Crippen LogP) is 7.04. The second-order valence-electron chi connectivity index (χ2n) is 14.2. The molecule has 0 radical (unpaired) electrons. The average Bonchev–Trinajstić information content (AvgIpc) is 3.82. The number of carbonyl (C=O) groups is 2. The van der Waals surface area contributed by atoms with Gasteiger partial charge in [0, 0.05) is 78.4 Å². The van der Waals surface area contributed by atoms with Crippen molar-refractivity contribution < 1.29 is 9.59 Å². The number of nitrogens with one attached hydrogen (secondary N) is 3. The van der Waals surface area contributed by atoms with Crippen molar-refractivity contribution in [3.05, 3.63) is 89.1 Å². The first-order chi connectivity index (χ1) is 22.8. The predicted molar refractivity (Wildman–Crippen MR) is 192 cm³/mol. The molecule has 0 saturated carbocycles. The summed E-state index contributed by atoms with van der Waals surface area (Å²) in [4.78, 5) is 32.9. The lowest BCUT2D eigenvalue weighted by Gasteiger charge is -2.32. The van der Waals surface area contributed by atoms with Gasteiger partial charge in [0.25, 0.3) is 0 Å². The van der Waals surface area contributed by atoms with Crippen molar-refractivity contribution in [1.29, 1.82) is 0 Å². The number of amides is 2. The summed E-state index contributed by atoms with van der Waals surface area (Å²) in [5, 5.41) is 9.95. The van der Waals surface area contributed by atoms with Gasteiger partial charge in [-0.3, -0.25) is 9.59 Å². The largest absolute Gasteiger partial charge is 0.355 e. The minimum Gasteiger partial charge on any atom is -0.355 e. The minimum absolute atomic E-state index is 0.0212. The highest BCUT2D eigenvalue weighted by molar-refractivity contribution is 5.94. The number of hydrogen-bond acceptors (Lipinski definition) is 6. The molecule has 246 valence electrons. The van der Waals surface area contributed by atoms with E-state index in [-0.39, 0.29) is 23.1 Å². The summed E-state index contributed by atoms with van der Waals surface area (Å²) in [5.41, 5.74) is 9.45. The number of likely N-dealkylation sites (tertiary alicyclic amines) is 2. The zero-order valence-electron chi connectivity index (χ0n) is 28.1. The Hall–Kier alpha value is -4.14. The molecule has 3 aromatic rings. The van der Waals surface area contributed by atoms with E-state index in [2.05, 4.69) is 106 Å². The quantitative estimate of drug-likeness (QED) is 0.235. The van der Waals surface area contributed by atoms with Gasteiger partial charge in [0.1, 0.15) is 0 Å². The number of benzene rings is 3. The smallest absolute Gasteiger partial charge is 0.225 e. The number of carbonyl (C=O) groups excluding carboxylic acids is 2. The molecule has 2 fully saturated rings. The molecule has 0 unspecified atom stereocenters. The summed E-state index contributed by atoms with van der Waals surface area (Å²) in [6.07, 6.45) is 8.27. The molecule has 3 aromatic carbocycles. The summed E-state index contributed by atoms with van der Waals surface area (Å²) >= 11 is 0. The highest BCUT2D eigenvalue weighted by Crippen LogP contribution is 2.50. The van der Waals surface area contributed by atoms with Gasteiger partial charge in [-0.05, 0) is 98.9 Å². The van der Waals surface area contributed by atoms with Crippen LogP contribution in [0.2, 0.25) is 0 Å². The summed E-state index contributed by atoms with van der Waals surface area (Å²) < 4.78 is 0. The first kappa shape index (κ1) is 31.5. The number of rotatable bonds is 9. The Morgan fingerprint density at radius 2 is 1.30 bits per heavy atom. The molecule has 3 N–H and O–H groups in total. The number of allylic oxidation sites excluding steroid dienone is 2. The zero-order chi connectivity index (χ0) is 32.5. The monoisotopic (exact) mass is 632 g/mol. The lowest BCUT2D eigenvalue weighted by atomic mass is 9.79. The van der Waals surface area contributed by atoms with Crippen molar-refractivity contribution >= 4 is 40.3 Å². The van der Waals surface area contributed by atoms with Crippen LogP contribution in [0.5, 0.6) is 0 Å². The van der Waals surface area contributed by atoms with E-state index >= 15 is 0 Å². The molecular weight excluding hydrogens is 584 g/mol. The molecule has 2 amide bonds. The van der Waals surface area contributed by atoms with Crippen LogP contribution in [0.25, 0.3) is 0 Å². The van der Waals surface area contributed by atoms with Gasteiger partial charge in [0.05, 0.1) is 0 Å². The number of para-hydroxylation sites is 1. The number of nitrogens with zero attached hydrogens (tertiary/aromatic N) is 3. The Morgan fingerprint density at radius 3 is 1.81 bits per heavy atom. The van der Waals surface area contributed by atoms with Gasteiger partial charge in [-0.25, -0.2) is 0 Å². The maximum atomic E-state index is 12.9. The average molecular weight is 633 g/mol. The summed E-state index contributed by atoms with van der Waals surface area (Å²) in [6, 6.07) is 21.1. The van der Waals surface area contributed by atoms with Crippen LogP contribution in [-0.4, -0.2) is 67.9 Å². The first-order valence-electron chi connectivity index (χ1n) is 17.4. The highest BCUT2D eigenvalue weighted by atomic mass is 16.2. The van der Waals surface area contributed by atoms with Gasteiger partial charge in [-0.2, -0.15) is 0 Å². The number of fused-ring (bicyclic) bond motifs is 3. The van der Waals surface area contributed by atoms with E-state index in [1.807, 2.05) is 12.1 Å². The van der Waals surface area contributed by atoms with E-state index in [0.29, 0.717) is 12.8 Å². The van der Waals surface area contributed by atoms with Crippen LogP contribution in [0.15, 0.2) is 72.4 Å². The van der Waals surface area contributed by atoms with Gasteiger partial charge in [-0.1, -0.05) is 50.3 Å². The second-order valence-corrected chi connectivity index (χ2v) is 14.2. The van der Waals surface area contributed by atoms with Crippen molar-refractivity contribution in [3.8, 4) is 0 Å². The third-order valence-corrected chi connectivity index (χ3v) is 10.6. The van der Waals surface area contributed by atoms with Crippen molar-refractivity contribution in [2.45, 2.75) is 63.7 Å². The van der Waals surface area contributed by atoms with E-state index in [1.165, 1.54) is 42.6 Å². The van der Waals surface area contributed by atoms with Gasteiger partial charge in [0.2, 0.25) is 11.8 Å². The first-order valence-corrected chi connectivity index (χ1v) is 17.4. The Balaban J connectivity index is 1.17. The Labute approximate surface area is 279 Å². The van der Waals surface area contributed by atoms with Crippen molar-refractivity contribution in [3.63, 3.8) is 0 Å². The topological polar surface area (TPSA) is 80.0 Å². The van der Waals surface area contributed by atoms with E-state index in [1.54, 1.807) is 0 Å². The third-order valence-electron chi connectivity index (χ3n) is 10.6. The normalized spacial score (nSPS) is 19.7. The maximum absolute atomic E-state index is 12.9. The fourth-order valence-corrected chi connectivity index (χ4v) is 7.96. The molecule has 0 atom stereocenters. The van der Waals surface area contributed by atoms with Gasteiger partial charge < -0.3 is 30.7 Å². The fraction of sp³-hybridized carbons (Fsp3) is 0.436. The lowest BCUT2D eigenvalue weighted by molar-refractivity contribution is -0.117. The van der Waals surface area contributed by atoms with Gasteiger partial charge >= 0.3 is 0 Å². The standard InChI is InChI=1S/C39H48N6O2/c1-39(2)32-10-4-5-11-35(32)43(3)36(39)26-31-29-14-12-27(40-37(46)16-22-44-18-6-7-19-44)24-33(29)42-34-25-28(13-15-30(31)34)41-38(47)17-23-45-20-8-9-21-45/h4-5,10-15,24-26,31,42H,6-9,16-23H2,1-3H3,(H,40,46)(H,41,47)/b36-26+. The molecule has 7 rings (SSSR count). The number of hydrogen-bond donors (Lipinski definition) is 3. The van der Waals surface area contributed by atoms with Crippen LogP contribution in [0, 0.1) is 0 Å². The van der Waals surface area contributed by atoms with Crippen LogP contribution in [0.3, 0.4) is 0 Å². The molecule has 0 spiro atoms. The van der Waals surface area contributed by atoms with E-state index in [0.717, 1.165) is 73.1 Å². The third kappa shape index (κ3) is 6.54. The van der Waals surface area contributed by atoms with Crippen LogP contribution in [-0.2, 0) is 15.0 Å². The Kier molecular flexibility index (Phi) is 8.81. The zero-order valence-corrected chi connectivity index (χ0v) is 28.1. The Bertz CT molecular complexity index is 1600. The molecule has 2 saturated heterocycles. The molecule has 47 heavy (non-hydrogen) atoms. The number of anilines is 5. The highest BCUT2D eigenvalue weighted by Gasteiger charge is 2.39. The summed E-state index contributed by atoms with van der Waals surface area (Å²) in [5.74, 6) is 0.0580. The maximum Gasteiger partial charge on any atom is 0.225 e. The molecule has 4 aliphatic rings. The summed E-state index contributed by atoms with van der Waals surface area (Å²) in [6.45, 7) is 10.5. The summed E-state index contributed by atoms with van der Waals surface area (Å²) in [7, 11) is 2.16. The van der Waals surface area contributed by atoms with E-state index in [4.69, 9.17) is 0 Å². The van der Waals surface area contributed by atoms with Gasteiger partial charge in [0.15, 0.2) is 0 Å². The molecule has 0 aliphatic carbocycles. The SMILES string of the molecule is CN1/C(=C/C2c3ccc(NC(=O)CCN4CCCC4)cc3Nc3cc(NC(=O)CCN4CCCC4)ccc32)C(C)(C)c2ccccc21. The van der Waals surface area contributed by atoms with Crippen molar-refractivity contribution in [2.75, 3.05) is 67.2 Å². The van der Waals surface area contributed by atoms with Crippen molar-refractivity contribution in [2.24, 2.45) is 0 Å².